The summed E-state index contributed by atoms with van der Waals surface area (Å²) in [6, 6.07) is 5.10. The molecule has 2 N–H and O–H groups in total. The molecule has 0 bridgehead atoms. The van der Waals surface area contributed by atoms with Crippen molar-refractivity contribution in [3.8, 4) is 0 Å². The van der Waals surface area contributed by atoms with Gasteiger partial charge in [0.2, 0.25) is 0 Å². The molecular formula is C10H14BrN3O2. The average Bonchev–Trinajstić information content (AvgIpc) is 2.25. The zero-order valence-corrected chi connectivity index (χ0v) is 10.7. The van der Waals surface area contributed by atoms with E-state index in [-0.39, 0.29) is 11.7 Å². The number of rotatable bonds is 5. The number of likely N-dealkylation sites (N-methyl/N-ethyl adjacent to an activating group) is 1. The van der Waals surface area contributed by atoms with E-state index in [1.165, 1.54) is 6.07 Å². The Hall–Kier alpha value is -1.14. The third-order valence-electron chi connectivity index (χ3n) is 2.25. The van der Waals surface area contributed by atoms with Crippen LogP contribution in [0.25, 0.3) is 0 Å². The second-order valence-electron chi connectivity index (χ2n) is 3.49. The lowest BCUT2D eigenvalue weighted by atomic mass is 10.2. The maximum absolute atomic E-state index is 10.8. The fourth-order valence-corrected chi connectivity index (χ4v) is 1.54. The fourth-order valence-electron chi connectivity index (χ4n) is 1.17. The monoisotopic (exact) mass is 287 g/mol. The molecule has 1 atom stereocenters. The Morgan fingerprint density at radius 2 is 2.25 bits per heavy atom. The van der Waals surface area contributed by atoms with Gasteiger partial charge in [-0.25, -0.2) is 0 Å². The first-order valence-corrected chi connectivity index (χ1v) is 5.69. The molecule has 0 aliphatic rings. The second-order valence-corrected chi connectivity index (χ2v) is 4.40. The molecule has 0 heterocycles. The lowest BCUT2D eigenvalue weighted by Crippen LogP contribution is -2.29. The molecule has 1 unspecified atom stereocenters. The summed E-state index contributed by atoms with van der Waals surface area (Å²) in [5, 5.41) is 16.9. The van der Waals surface area contributed by atoms with Crippen molar-refractivity contribution in [1.82, 2.24) is 5.32 Å². The number of nitrogens with zero attached hydrogens (tertiary/aromatic N) is 1. The lowest BCUT2D eigenvalue weighted by molar-refractivity contribution is -0.384. The summed E-state index contributed by atoms with van der Waals surface area (Å²) in [6.45, 7) is 2.63. The van der Waals surface area contributed by atoms with E-state index < -0.39 is 4.92 Å². The van der Waals surface area contributed by atoms with E-state index in [1.54, 1.807) is 12.1 Å². The highest BCUT2D eigenvalue weighted by Crippen LogP contribution is 2.27. The van der Waals surface area contributed by atoms with Crippen molar-refractivity contribution in [3.05, 3.63) is 32.8 Å². The minimum absolute atomic E-state index is 0.0894. The molecular weight excluding hydrogens is 274 g/mol. The third kappa shape index (κ3) is 3.46. The first-order chi connectivity index (χ1) is 7.54. The van der Waals surface area contributed by atoms with Gasteiger partial charge in [0.1, 0.15) is 5.69 Å². The van der Waals surface area contributed by atoms with Gasteiger partial charge in [0.15, 0.2) is 0 Å². The van der Waals surface area contributed by atoms with Crippen molar-refractivity contribution >= 4 is 27.3 Å². The molecule has 0 radical (unpaired) electrons. The highest BCUT2D eigenvalue weighted by Gasteiger charge is 2.13. The molecule has 1 rings (SSSR count). The van der Waals surface area contributed by atoms with Crippen LogP contribution in [0.4, 0.5) is 11.4 Å². The highest BCUT2D eigenvalue weighted by molar-refractivity contribution is 9.10. The van der Waals surface area contributed by atoms with E-state index in [0.29, 0.717) is 12.2 Å². The Morgan fingerprint density at radius 3 is 2.81 bits per heavy atom. The zero-order chi connectivity index (χ0) is 12.1. The van der Waals surface area contributed by atoms with Gasteiger partial charge in [-0.1, -0.05) is 15.9 Å². The van der Waals surface area contributed by atoms with Crippen LogP contribution in [0.15, 0.2) is 22.7 Å². The average molecular weight is 288 g/mol. The molecule has 5 nitrogen and oxygen atoms in total. The van der Waals surface area contributed by atoms with Gasteiger partial charge in [-0.15, -0.1) is 0 Å². The van der Waals surface area contributed by atoms with Crippen LogP contribution < -0.4 is 10.6 Å². The van der Waals surface area contributed by atoms with Crippen LogP contribution in [0.5, 0.6) is 0 Å². The second kappa shape index (κ2) is 5.81. The van der Waals surface area contributed by atoms with Gasteiger partial charge < -0.3 is 10.6 Å². The summed E-state index contributed by atoms with van der Waals surface area (Å²) in [5.74, 6) is 0. The summed E-state index contributed by atoms with van der Waals surface area (Å²) >= 11 is 3.29. The molecule has 0 aliphatic carbocycles. The number of halogens is 1. The number of nitro groups is 1. The van der Waals surface area contributed by atoms with Crippen LogP contribution >= 0.6 is 15.9 Å². The summed E-state index contributed by atoms with van der Waals surface area (Å²) in [5.41, 5.74) is 0.618. The smallest absolute Gasteiger partial charge is 0.292 e. The van der Waals surface area contributed by atoms with Crippen molar-refractivity contribution in [1.29, 1.82) is 0 Å². The lowest BCUT2D eigenvalue weighted by Gasteiger charge is -2.12. The molecule has 1 aromatic carbocycles. The Kier molecular flexibility index (Phi) is 4.70. The zero-order valence-electron chi connectivity index (χ0n) is 9.16. The Bertz CT molecular complexity index is 384. The van der Waals surface area contributed by atoms with Crippen LogP contribution in [0, 0.1) is 10.1 Å². The Morgan fingerprint density at radius 1 is 1.56 bits per heavy atom. The summed E-state index contributed by atoms with van der Waals surface area (Å²) in [7, 11) is 1.85. The highest BCUT2D eigenvalue weighted by atomic mass is 79.9. The van der Waals surface area contributed by atoms with Gasteiger partial charge in [0, 0.05) is 23.1 Å². The molecule has 0 saturated carbocycles. The predicted molar refractivity (Wildman–Crippen MR) is 67.8 cm³/mol. The van der Waals surface area contributed by atoms with E-state index in [4.69, 9.17) is 0 Å². The van der Waals surface area contributed by atoms with E-state index >= 15 is 0 Å². The number of anilines is 1. The van der Waals surface area contributed by atoms with E-state index in [9.17, 15) is 10.1 Å². The van der Waals surface area contributed by atoms with Crippen LogP contribution in [0.2, 0.25) is 0 Å². The van der Waals surface area contributed by atoms with Crippen molar-refractivity contribution in [2.45, 2.75) is 13.0 Å². The number of nitrogens with one attached hydrogen (secondary N) is 2. The van der Waals surface area contributed by atoms with Crippen molar-refractivity contribution < 1.29 is 4.92 Å². The normalized spacial score (nSPS) is 12.2. The molecule has 0 spiro atoms. The van der Waals surface area contributed by atoms with Crippen molar-refractivity contribution in [2.24, 2.45) is 0 Å². The minimum Gasteiger partial charge on any atom is -0.378 e. The molecule has 0 aromatic heterocycles. The molecule has 1 aromatic rings. The first-order valence-electron chi connectivity index (χ1n) is 4.89. The van der Waals surface area contributed by atoms with Crippen LogP contribution in [-0.4, -0.2) is 24.6 Å². The maximum atomic E-state index is 10.8. The fraction of sp³-hybridized carbons (Fsp3) is 0.400. The molecule has 6 heteroatoms. The summed E-state index contributed by atoms with van der Waals surface area (Å²) < 4.78 is 0.817. The van der Waals surface area contributed by atoms with Gasteiger partial charge in [0.25, 0.3) is 5.69 Å². The number of hydrogen-bond donors (Lipinski definition) is 2. The van der Waals surface area contributed by atoms with Crippen molar-refractivity contribution in [2.75, 3.05) is 18.9 Å². The number of nitro benzene ring substituents is 1. The molecule has 0 saturated heterocycles. The molecule has 16 heavy (non-hydrogen) atoms. The standard InChI is InChI=1S/C10H14BrN3O2/c1-7(12-2)6-13-9-5-8(11)3-4-10(9)14(15)16/h3-5,7,12-13H,6H2,1-2H3. The van der Waals surface area contributed by atoms with Crippen LogP contribution in [0.3, 0.4) is 0 Å². The Labute approximate surface area is 103 Å². The Balaban J connectivity index is 2.84. The summed E-state index contributed by atoms with van der Waals surface area (Å²) in [6.07, 6.45) is 0. The van der Waals surface area contributed by atoms with Gasteiger partial charge in [-0.2, -0.15) is 0 Å². The number of hydrogen-bond acceptors (Lipinski definition) is 4. The largest absolute Gasteiger partial charge is 0.378 e. The molecule has 0 amide bonds. The van der Waals surface area contributed by atoms with Crippen LogP contribution in [-0.2, 0) is 0 Å². The van der Waals surface area contributed by atoms with Gasteiger partial charge in [-0.05, 0) is 26.1 Å². The third-order valence-corrected chi connectivity index (χ3v) is 2.74. The topological polar surface area (TPSA) is 67.2 Å². The van der Waals surface area contributed by atoms with E-state index in [0.717, 1.165) is 4.47 Å². The van der Waals surface area contributed by atoms with Gasteiger partial charge in [-0.3, -0.25) is 10.1 Å². The van der Waals surface area contributed by atoms with Gasteiger partial charge >= 0.3 is 0 Å². The number of benzene rings is 1. The van der Waals surface area contributed by atoms with Gasteiger partial charge in [0.05, 0.1) is 4.92 Å². The molecule has 0 aliphatic heterocycles. The predicted octanol–water partition coefficient (Wildman–Crippen LogP) is 2.38. The minimum atomic E-state index is -0.390. The first kappa shape index (κ1) is 12.9. The van der Waals surface area contributed by atoms with E-state index in [2.05, 4.69) is 26.6 Å². The summed E-state index contributed by atoms with van der Waals surface area (Å²) in [4.78, 5) is 10.4. The van der Waals surface area contributed by atoms with E-state index in [1.807, 2.05) is 14.0 Å². The van der Waals surface area contributed by atoms with Crippen molar-refractivity contribution in [3.63, 3.8) is 0 Å². The quantitative estimate of drug-likeness (QED) is 0.645. The molecule has 88 valence electrons. The van der Waals surface area contributed by atoms with Crippen LogP contribution in [0.1, 0.15) is 6.92 Å². The SMILES string of the molecule is CNC(C)CNc1cc(Br)ccc1[N+](=O)[O-]. The maximum Gasteiger partial charge on any atom is 0.292 e. The molecule has 0 fully saturated rings.